The van der Waals surface area contributed by atoms with E-state index in [9.17, 15) is 18.0 Å². The van der Waals surface area contributed by atoms with Crippen molar-refractivity contribution in [3.8, 4) is 5.75 Å². The van der Waals surface area contributed by atoms with E-state index < -0.39 is 6.36 Å². The molecule has 0 saturated heterocycles. The predicted molar refractivity (Wildman–Crippen MR) is 46.3 cm³/mol. The molecule has 0 spiro atoms. The van der Waals surface area contributed by atoms with Gasteiger partial charge in [0, 0.05) is 0 Å². The molecular formula is C10H5F3O2. The Balaban J connectivity index is 2.41. The van der Waals surface area contributed by atoms with Crippen LogP contribution in [0.5, 0.6) is 5.75 Å². The fourth-order valence-corrected chi connectivity index (χ4v) is 1.35. The molecule has 0 heterocycles. The summed E-state index contributed by atoms with van der Waals surface area (Å²) in [4.78, 5) is 10.9. The molecule has 0 fully saturated rings. The Morgan fingerprint density at radius 3 is 2.40 bits per heavy atom. The van der Waals surface area contributed by atoms with Gasteiger partial charge >= 0.3 is 6.36 Å². The minimum Gasteiger partial charge on any atom is -0.406 e. The van der Waals surface area contributed by atoms with E-state index in [-0.39, 0.29) is 11.5 Å². The lowest BCUT2D eigenvalue weighted by Crippen LogP contribution is -2.23. The Kier molecular flexibility index (Phi) is 2.03. The molecular weight excluding hydrogens is 209 g/mol. The quantitative estimate of drug-likeness (QED) is 0.688. The minimum atomic E-state index is -4.71. The lowest BCUT2D eigenvalue weighted by atomic mass is 10.2. The van der Waals surface area contributed by atoms with Crippen LogP contribution in [0.1, 0.15) is 0 Å². The monoisotopic (exact) mass is 214 g/mol. The Bertz CT molecular complexity index is 529. The maximum atomic E-state index is 11.9. The van der Waals surface area contributed by atoms with E-state index in [4.69, 9.17) is 0 Å². The summed E-state index contributed by atoms with van der Waals surface area (Å²) in [7, 11) is 0. The largest absolute Gasteiger partial charge is 0.573 e. The standard InChI is InChI=1S/C10H5F3O2/c11-10(12,13)15-9-2-1-6-3-8(14)4-7(6)5-9/h1-5H. The van der Waals surface area contributed by atoms with E-state index in [1.807, 2.05) is 0 Å². The number of hydrogen-bond acceptors (Lipinski definition) is 2. The van der Waals surface area contributed by atoms with E-state index >= 15 is 0 Å². The number of hydrogen-bond donors (Lipinski definition) is 0. The van der Waals surface area contributed by atoms with E-state index in [2.05, 4.69) is 4.74 Å². The smallest absolute Gasteiger partial charge is 0.406 e. The van der Waals surface area contributed by atoms with Gasteiger partial charge in [-0.15, -0.1) is 13.2 Å². The summed E-state index contributed by atoms with van der Waals surface area (Å²) in [5.41, 5.74) is 0. The van der Waals surface area contributed by atoms with Crippen molar-refractivity contribution < 1.29 is 22.7 Å². The number of carbonyl (C=O) groups excluding carboxylic acids is 1. The second kappa shape index (κ2) is 3.12. The summed E-state index contributed by atoms with van der Waals surface area (Å²) in [6, 6.07) is 3.78. The van der Waals surface area contributed by atoms with Gasteiger partial charge in [0.25, 0.3) is 0 Å². The lowest BCUT2D eigenvalue weighted by Gasteiger charge is -2.07. The van der Waals surface area contributed by atoms with Crippen LogP contribution in [0.25, 0.3) is 12.2 Å². The number of halogens is 3. The molecule has 0 atom stereocenters. The second-order valence-corrected chi connectivity index (χ2v) is 3.03. The lowest BCUT2D eigenvalue weighted by molar-refractivity contribution is -0.274. The molecule has 0 radical (unpaired) electrons. The van der Waals surface area contributed by atoms with Crippen molar-refractivity contribution in [1.29, 1.82) is 0 Å². The average Bonchev–Trinajstić information content (AvgIpc) is 2.40. The number of fused-ring (bicyclic) bond motifs is 1. The van der Waals surface area contributed by atoms with Crippen LogP contribution in [0.15, 0.2) is 18.2 Å². The predicted octanol–water partition coefficient (Wildman–Crippen LogP) is 0.729. The number of Topliss-reactive ketones (excluding diaryl/α,β-unsaturated/α-hetero) is 1. The molecule has 0 aromatic heterocycles. The molecule has 1 aliphatic rings. The number of alkyl halides is 3. The zero-order valence-corrected chi connectivity index (χ0v) is 7.34. The first-order chi connectivity index (χ1) is 6.94. The van der Waals surface area contributed by atoms with Crippen LogP contribution in [0.3, 0.4) is 0 Å². The molecule has 78 valence electrons. The summed E-state index contributed by atoms with van der Waals surface area (Å²) in [5.74, 6) is -0.547. The molecule has 0 N–H and O–H groups in total. The molecule has 2 rings (SSSR count). The van der Waals surface area contributed by atoms with Crippen LogP contribution in [0, 0.1) is 0 Å². The normalized spacial score (nSPS) is 14.2. The first-order valence-electron chi connectivity index (χ1n) is 4.07. The molecule has 0 amide bonds. The van der Waals surface area contributed by atoms with Crippen molar-refractivity contribution in [1.82, 2.24) is 0 Å². The van der Waals surface area contributed by atoms with Gasteiger partial charge in [0.2, 0.25) is 0 Å². The third kappa shape index (κ3) is 2.18. The molecule has 1 aromatic carbocycles. The van der Waals surface area contributed by atoms with Crippen molar-refractivity contribution in [3.63, 3.8) is 0 Å². The molecule has 1 aliphatic carbocycles. The summed E-state index contributed by atoms with van der Waals surface area (Å²) in [5, 5.41) is 1.05. The summed E-state index contributed by atoms with van der Waals surface area (Å²) in [6.45, 7) is 0. The van der Waals surface area contributed by atoms with E-state index in [1.165, 1.54) is 30.4 Å². The SMILES string of the molecule is O=C1C=c2ccc(OC(F)(F)F)cc2=C1. The van der Waals surface area contributed by atoms with Crippen molar-refractivity contribution in [2.24, 2.45) is 0 Å². The first kappa shape index (κ1) is 9.76. The molecule has 5 heteroatoms. The van der Waals surface area contributed by atoms with Gasteiger partial charge in [-0.2, -0.15) is 0 Å². The maximum absolute atomic E-state index is 11.9. The van der Waals surface area contributed by atoms with Gasteiger partial charge in [-0.1, -0.05) is 6.07 Å². The number of rotatable bonds is 1. The fraction of sp³-hybridized carbons (Fsp3) is 0.100. The van der Waals surface area contributed by atoms with Crippen molar-refractivity contribution in [2.75, 3.05) is 0 Å². The van der Waals surface area contributed by atoms with Crippen LogP contribution >= 0.6 is 0 Å². The number of carbonyl (C=O) groups is 1. The highest BCUT2D eigenvalue weighted by Gasteiger charge is 2.31. The van der Waals surface area contributed by atoms with Crippen LogP contribution in [0.4, 0.5) is 13.2 Å². The summed E-state index contributed by atoms with van der Waals surface area (Å²) < 4.78 is 39.3. The molecule has 2 nitrogen and oxygen atoms in total. The van der Waals surface area contributed by atoms with E-state index in [0.29, 0.717) is 10.4 Å². The third-order valence-corrected chi connectivity index (χ3v) is 1.89. The van der Waals surface area contributed by atoms with Gasteiger partial charge in [-0.3, -0.25) is 4.79 Å². The highest BCUT2D eigenvalue weighted by molar-refractivity contribution is 6.26. The zero-order valence-electron chi connectivity index (χ0n) is 7.34. The Morgan fingerprint density at radius 1 is 1.07 bits per heavy atom. The van der Waals surface area contributed by atoms with E-state index in [1.54, 1.807) is 0 Å². The molecule has 15 heavy (non-hydrogen) atoms. The number of ketones is 1. The van der Waals surface area contributed by atoms with Gasteiger partial charge in [-0.25, -0.2) is 0 Å². The van der Waals surface area contributed by atoms with Crippen LogP contribution in [-0.2, 0) is 4.79 Å². The fourth-order valence-electron chi connectivity index (χ4n) is 1.35. The number of ether oxygens (including phenoxy) is 1. The molecule has 1 aromatic rings. The third-order valence-electron chi connectivity index (χ3n) is 1.89. The second-order valence-electron chi connectivity index (χ2n) is 3.03. The molecule has 0 saturated carbocycles. The maximum Gasteiger partial charge on any atom is 0.573 e. The minimum absolute atomic E-state index is 0.228. The Hall–Kier alpha value is -1.78. The van der Waals surface area contributed by atoms with Crippen molar-refractivity contribution in [3.05, 3.63) is 28.6 Å². The van der Waals surface area contributed by atoms with Gasteiger partial charge in [0.1, 0.15) is 5.75 Å². The highest BCUT2D eigenvalue weighted by Crippen LogP contribution is 2.20. The summed E-state index contributed by atoms with van der Waals surface area (Å²) in [6.07, 6.45) is -2.09. The van der Waals surface area contributed by atoms with Crippen LogP contribution in [-0.4, -0.2) is 12.1 Å². The van der Waals surface area contributed by atoms with Crippen molar-refractivity contribution >= 4 is 17.9 Å². The zero-order chi connectivity index (χ0) is 11.1. The van der Waals surface area contributed by atoms with Gasteiger partial charge in [-0.05, 0) is 34.7 Å². The Morgan fingerprint density at radius 2 is 1.73 bits per heavy atom. The van der Waals surface area contributed by atoms with Crippen molar-refractivity contribution in [2.45, 2.75) is 6.36 Å². The Labute approximate surface area is 82.3 Å². The van der Waals surface area contributed by atoms with Crippen LogP contribution < -0.4 is 15.2 Å². The van der Waals surface area contributed by atoms with Gasteiger partial charge in [0.15, 0.2) is 5.78 Å². The van der Waals surface area contributed by atoms with E-state index in [0.717, 1.165) is 0 Å². The molecule has 0 unspecified atom stereocenters. The first-order valence-corrected chi connectivity index (χ1v) is 4.07. The topological polar surface area (TPSA) is 26.3 Å². The molecule has 0 aliphatic heterocycles. The summed E-state index contributed by atoms with van der Waals surface area (Å²) >= 11 is 0. The van der Waals surface area contributed by atoms with Gasteiger partial charge in [0.05, 0.1) is 0 Å². The average molecular weight is 214 g/mol. The highest BCUT2D eigenvalue weighted by atomic mass is 19.4. The van der Waals surface area contributed by atoms with Gasteiger partial charge < -0.3 is 4.74 Å². The molecule has 0 bridgehead atoms. The van der Waals surface area contributed by atoms with Crippen LogP contribution in [0.2, 0.25) is 0 Å². The number of benzene rings is 1.